The molecule has 0 amide bonds. The third-order valence-electron chi connectivity index (χ3n) is 3.64. The predicted molar refractivity (Wildman–Crippen MR) is 76.7 cm³/mol. The third kappa shape index (κ3) is 2.17. The molecule has 0 fully saturated rings. The van der Waals surface area contributed by atoms with E-state index in [-0.39, 0.29) is 10.9 Å². The van der Waals surface area contributed by atoms with Gasteiger partial charge in [-0.2, -0.15) is 4.31 Å². The summed E-state index contributed by atoms with van der Waals surface area (Å²) >= 11 is 1.67. The van der Waals surface area contributed by atoms with Gasteiger partial charge in [-0.3, -0.25) is 0 Å². The van der Waals surface area contributed by atoms with Crippen LogP contribution in [-0.2, 0) is 16.4 Å². The van der Waals surface area contributed by atoms with Crippen LogP contribution in [0.3, 0.4) is 0 Å². The summed E-state index contributed by atoms with van der Waals surface area (Å²) in [5, 5.41) is 2.00. The number of nitrogens with zero attached hydrogens (tertiary/aromatic N) is 1. The lowest BCUT2D eigenvalue weighted by atomic mass is 10.0. The molecule has 0 aliphatic carbocycles. The van der Waals surface area contributed by atoms with Crippen LogP contribution in [0.2, 0.25) is 0 Å². The molecule has 1 aromatic carbocycles. The summed E-state index contributed by atoms with van der Waals surface area (Å²) in [7, 11) is -3.58. The molecule has 1 unspecified atom stereocenters. The Morgan fingerprint density at radius 1 is 1.25 bits per heavy atom. The van der Waals surface area contributed by atoms with E-state index in [4.69, 9.17) is 0 Å². The summed E-state index contributed by atoms with van der Waals surface area (Å²) in [5.74, 6) is -0.434. The Morgan fingerprint density at radius 3 is 2.65 bits per heavy atom. The maximum atomic E-state index is 12.9. The second kappa shape index (κ2) is 4.95. The highest BCUT2D eigenvalue weighted by molar-refractivity contribution is 7.89. The molecule has 1 aliphatic rings. The van der Waals surface area contributed by atoms with Gasteiger partial charge in [-0.25, -0.2) is 12.8 Å². The molecule has 2 aromatic rings. The average Bonchev–Trinajstić information content (AvgIpc) is 2.88. The number of thiophene rings is 1. The van der Waals surface area contributed by atoms with Gasteiger partial charge < -0.3 is 0 Å². The maximum Gasteiger partial charge on any atom is 0.243 e. The first-order valence-electron chi connectivity index (χ1n) is 6.34. The predicted octanol–water partition coefficient (Wildman–Crippen LogP) is 3.20. The van der Waals surface area contributed by atoms with E-state index in [9.17, 15) is 12.8 Å². The zero-order chi connectivity index (χ0) is 14.3. The van der Waals surface area contributed by atoms with Gasteiger partial charge in [-0.15, -0.1) is 11.3 Å². The second-order valence-corrected chi connectivity index (χ2v) is 7.69. The molecule has 0 N–H and O–H groups in total. The van der Waals surface area contributed by atoms with Crippen LogP contribution in [0.1, 0.15) is 23.4 Å². The number of fused-ring (bicyclic) bond motifs is 1. The molecule has 3 nitrogen and oxygen atoms in total. The number of benzene rings is 1. The Balaban J connectivity index is 1.99. The van der Waals surface area contributed by atoms with E-state index in [1.165, 1.54) is 33.4 Å². The monoisotopic (exact) mass is 311 g/mol. The van der Waals surface area contributed by atoms with Gasteiger partial charge in [-0.05, 0) is 54.6 Å². The van der Waals surface area contributed by atoms with E-state index in [2.05, 4.69) is 0 Å². The van der Waals surface area contributed by atoms with Gasteiger partial charge in [0.2, 0.25) is 10.0 Å². The van der Waals surface area contributed by atoms with Crippen LogP contribution < -0.4 is 0 Å². The molecule has 0 saturated carbocycles. The van der Waals surface area contributed by atoms with Crippen molar-refractivity contribution in [2.75, 3.05) is 6.54 Å². The van der Waals surface area contributed by atoms with Crippen molar-refractivity contribution in [3.63, 3.8) is 0 Å². The molecule has 1 aliphatic heterocycles. The molecule has 0 saturated heterocycles. The van der Waals surface area contributed by atoms with Crippen molar-refractivity contribution in [1.29, 1.82) is 0 Å². The molecular weight excluding hydrogens is 297 g/mol. The van der Waals surface area contributed by atoms with Crippen LogP contribution >= 0.6 is 11.3 Å². The van der Waals surface area contributed by atoms with E-state index >= 15 is 0 Å². The Hall–Kier alpha value is -1.24. The van der Waals surface area contributed by atoms with E-state index < -0.39 is 15.8 Å². The molecule has 106 valence electrons. The first kappa shape index (κ1) is 13.7. The Labute approximate surface area is 121 Å². The summed E-state index contributed by atoms with van der Waals surface area (Å²) in [5.41, 5.74) is 1.08. The molecule has 6 heteroatoms. The molecular formula is C14H14FNO2S2. The number of hydrogen-bond donors (Lipinski definition) is 0. The largest absolute Gasteiger partial charge is 0.243 e. The highest BCUT2D eigenvalue weighted by atomic mass is 32.2. The Morgan fingerprint density at radius 2 is 1.95 bits per heavy atom. The first-order valence-corrected chi connectivity index (χ1v) is 8.66. The van der Waals surface area contributed by atoms with Gasteiger partial charge in [0.05, 0.1) is 4.90 Å². The highest BCUT2D eigenvalue weighted by Gasteiger charge is 2.34. The lowest BCUT2D eigenvalue weighted by molar-refractivity contribution is 0.329. The lowest BCUT2D eigenvalue weighted by Gasteiger charge is -2.32. The van der Waals surface area contributed by atoms with Crippen molar-refractivity contribution in [3.8, 4) is 0 Å². The van der Waals surface area contributed by atoms with Crippen molar-refractivity contribution in [1.82, 2.24) is 4.31 Å². The fourth-order valence-electron chi connectivity index (χ4n) is 2.56. The summed E-state index contributed by atoms with van der Waals surface area (Å²) in [4.78, 5) is 1.40. The van der Waals surface area contributed by atoms with E-state index in [0.717, 1.165) is 12.0 Å². The standard InChI is InChI=1S/C14H14FNO2S2/c1-10-13-7-9-19-14(13)6-8-16(10)20(17,18)12-4-2-11(15)3-5-12/h2-5,7,9-10H,6,8H2,1H3. The minimum Gasteiger partial charge on any atom is -0.207 e. The van der Waals surface area contributed by atoms with Gasteiger partial charge in [0.25, 0.3) is 0 Å². The normalized spacial score (nSPS) is 19.8. The summed E-state index contributed by atoms with van der Waals surface area (Å²) in [6.07, 6.45) is 0.734. The lowest BCUT2D eigenvalue weighted by Crippen LogP contribution is -2.38. The molecule has 0 spiro atoms. The Bertz CT molecular complexity index is 722. The number of sulfonamides is 1. The van der Waals surface area contributed by atoms with Crippen LogP contribution in [0.25, 0.3) is 0 Å². The minimum absolute atomic E-state index is 0.143. The van der Waals surface area contributed by atoms with Crippen LogP contribution in [0.5, 0.6) is 0 Å². The molecule has 20 heavy (non-hydrogen) atoms. The van der Waals surface area contributed by atoms with Gasteiger partial charge in [0.15, 0.2) is 0 Å². The zero-order valence-electron chi connectivity index (χ0n) is 10.9. The molecule has 3 rings (SSSR count). The first-order chi connectivity index (χ1) is 9.50. The van der Waals surface area contributed by atoms with Crippen molar-refractivity contribution in [2.45, 2.75) is 24.3 Å². The van der Waals surface area contributed by atoms with E-state index in [1.807, 2.05) is 18.4 Å². The van der Waals surface area contributed by atoms with Crippen LogP contribution in [-0.4, -0.2) is 19.3 Å². The fraction of sp³-hybridized carbons (Fsp3) is 0.286. The van der Waals surface area contributed by atoms with E-state index in [1.54, 1.807) is 11.3 Å². The van der Waals surface area contributed by atoms with Crippen molar-refractivity contribution < 1.29 is 12.8 Å². The molecule has 1 atom stereocenters. The van der Waals surface area contributed by atoms with Crippen molar-refractivity contribution in [3.05, 3.63) is 52.0 Å². The number of rotatable bonds is 2. The topological polar surface area (TPSA) is 37.4 Å². The molecule has 2 heterocycles. The van der Waals surface area contributed by atoms with Crippen LogP contribution in [0.15, 0.2) is 40.6 Å². The minimum atomic E-state index is -3.58. The summed E-state index contributed by atoms with van der Waals surface area (Å²) in [6, 6.07) is 6.80. The summed E-state index contributed by atoms with van der Waals surface area (Å²) in [6.45, 7) is 2.36. The van der Waals surface area contributed by atoms with Gasteiger partial charge in [0.1, 0.15) is 5.82 Å². The van der Waals surface area contributed by atoms with Gasteiger partial charge in [-0.1, -0.05) is 0 Å². The third-order valence-corrected chi connectivity index (χ3v) is 6.62. The molecule has 0 radical (unpaired) electrons. The smallest absolute Gasteiger partial charge is 0.207 e. The SMILES string of the molecule is CC1c2ccsc2CCN1S(=O)(=O)c1ccc(F)cc1. The number of halogens is 1. The van der Waals surface area contributed by atoms with Crippen molar-refractivity contribution >= 4 is 21.4 Å². The van der Waals surface area contributed by atoms with Gasteiger partial charge >= 0.3 is 0 Å². The second-order valence-electron chi connectivity index (χ2n) is 4.79. The summed E-state index contributed by atoms with van der Waals surface area (Å²) < 4.78 is 39.7. The molecule has 1 aromatic heterocycles. The van der Waals surface area contributed by atoms with Crippen LogP contribution in [0, 0.1) is 5.82 Å². The van der Waals surface area contributed by atoms with Crippen molar-refractivity contribution in [2.24, 2.45) is 0 Å². The fourth-order valence-corrected chi connectivity index (χ4v) is 5.13. The Kier molecular flexibility index (Phi) is 3.40. The maximum absolute atomic E-state index is 12.9. The highest BCUT2D eigenvalue weighted by Crippen LogP contribution is 2.36. The molecule has 0 bridgehead atoms. The average molecular weight is 311 g/mol. The van der Waals surface area contributed by atoms with E-state index in [0.29, 0.717) is 6.54 Å². The van der Waals surface area contributed by atoms with Crippen LogP contribution in [0.4, 0.5) is 4.39 Å². The quantitative estimate of drug-likeness (QED) is 0.854. The number of hydrogen-bond acceptors (Lipinski definition) is 3. The van der Waals surface area contributed by atoms with Gasteiger partial charge in [0, 0.05) is 17.5 Å². The zero-order valence-corrected chi connectivity index (χ0v) is 12.5.